The van der Waals surface area contributed by atoms with Gasteiger partial charge in [-0.25, -0.2) is 4.98 Å². The number of likely N-dealkylation sites (N-methyl/N-ethyl adjacent to an activating group) is 1. The average molecular weight is 242 g/mol. The molecule has 0 N–H and O–H groups in total. The van der Waals surface area contributed by atoms with Gasteiger partial charge in [0.1, 0.15) is 11.5 Å². The van der Waals surface area contributed by atoms with Gasteiger partial charge in [-0.15, -0.1) is 0 Å². The average Bonchev–Trinajstić information content (AvgIpc) is 2.77. The minimum Gasteiger partial charge on any atom is -0.325 e. The molecule has 0 amide bonds. The quantitative estimate of drug-likeness (QED) is 0.743. The van der Waals surface area contributed by atoms with Gasteiger partial charge in [0.05, 0.1) is 5.69 Å². The molecule has 3 heterocycles. The van der Waals surface area contributed by atoms with Crippen molar-refractivity contribution < 1.29 is 4.79 Å². The highest BCUT2D eigenvalue weighted by Gasteiger charge is 2.22. The zero-order chi connectivity index (χ0) is 12.5. The van der Waals surface area contributed by atoms with Gasteiger partial charge in [0.2, 0.25) is 0 Å². The van der Waals surface area contributed by atoms with Gasteiger partial charge in [-0.1, -0.05) is 0 Å². The van der Waals surface area contributed by atoms with E-state index < -0.39 is 0 Å². The fraction of sp³-hybridized carbons (Fsp3) is 0.308. The summed E-state index contributed by atoms with van der Waals surface area (Å²) >= 11 is 0. The van der Waals surface area contributed by atoms with Crippen molar-refractivity contribution in [1.82, 2.24) is 19.4 Å². The van der Waals surface area contributed by atoms with Crippen molar-refractivity contribution in [3.05, 3.63) is 35.9 Å². The van der Waals surface area contributed by atoms with Crippen molar-refractivity contribution in [2.24, 2.45) is 0 Å². The van der Waals surface area contributed by atoms with Crippen molar-refractivity contribution in [3.8, 4) is 11.4 Å². The lowest BCUT2D eigenvalue weighted by Gasteiger charge is -2.25. The second kappa shape index (κ2) is 4.34. The Morgan fingerprint density at radius 3 is 3.00 bits per heavy atom. The molecule has 0 aliphatic carbocycles. The number of fused-ring (bicyclic) bond motifs is 1. The molecular weight excluding hydrogens is 228 g/mol. The summed E-state index contributed by atoms with van der Waals surface area (Å²) in [6.45, 7) is 2.59. The molecule has 2 aromatic rings. The second-order valence-corrected chi connectivity index (χ2v) is 4.52. The first-order valence-electron chi connectivity index (χ1n) is 5.93. The van der Waals surface area contributed by atoms with Gasteiger partial charge in [0, 0.05) is 37.6 Å². The molecule has 0 bridgehead atoms. The summed E-state index contributed by atoms with van der Waals surface area (Å²) in [5.41, 5.74) is 2.49. The first kappa shape index (κ1) is 11.1. The molecule has 0 saturated carbocycles. The van der Waals surface area contributed by atoms with E-state index in [2.05, 4.69) is 26.5 Å². The molecule has 0 atom stereocenters. The maximum absolute atomic E-state index is 11.1. The Kier molecular flexibility index (Phi) is 2.68. The van der Waals surface area contributed by atoms with Crippen LogP contribution < -0.4 is 0 Å². The first-order chi connectivity index (χ1) is 8.79. The first-order valence-corrected chi connectivity index (χ1v) is 5.93. The Morgan fingerprint density at radius 1 is 1.39 bits per heavy atom. The summed E-state index contributed by atoms with van der Waals surface area (Å²) in [5, 5.41) is 0. The Bertz CT molecular complexity index is 576. The summed E-state index contributed by atoms with van der Waals surface area (Å²) in [7, 11) is 2.05. The SMILES string of the molecule is CN1CCn2c(-c3cccnc3)nc(C=O)c2C1. The van der Waals surface area contributed by atoms with Gasteiger partial charge in [0.25, 0.3) is 0 Å². The van der Waals surface area contributed by atoms with Gasteiger partial charge >= 0.3 is 0 Å². The van der Waals surface area contributed by atoms with E-state index >= 15 is 0 Å². The van der Waals surface area contributed by atoms with Crippen LogP contribution in [-0.4, -0.2) is 39.3 Å². The molecule has 18 heavy (non-hydrogen) atoms. The van der Waals surface area contributed by atoms with Crippen LogP contribution in [0.5, 0.6) is 0 Å². The van der Waals surface area contributed by atoms with Gasteiger partial charge in [-0.2, -0.15) is 0 Å². The molecule has 0 fully saturated rings. The third-order valence-electron chi connectivity index (χ3n) is 3.26. The molecular formula is C13H14N4O. The number of hydrogen-bond donors (Lipinski definition) is 0. The number of nitrogens with zero attached hydrogens (tertiary/aromatic N) is 4. The second-order valence-electron chi connectivity index (χ2n) is 4.52. The third kappa shape index (κ3) is 1.73. The molecule has 5 heteroatoms. The minimum atomic E-state index is 0.542. The smallest absolute Gasteiger partial charge is 0.170 e. The van der Waals surface area contributed by atoms with E-state index in [1.54, 1.807) is 12.4 Å². The number of hydrogen-bond acceptors (Lipinski definition) is 4. The van der Waals surface area contributed by atoms with Crippen molar-refractivity contribution >= 4 is 6.29 Å². The summed E-state index contributed by atoms with van der Waals surface area (Å²) in [6, 6.07) is 3.85. The molecule has 5 nitrogen and oxygen atoms in total. The van der Waals surface area contributed by atoms with E-state index in [-0.39, 0.29) is 0 Å². The summed E-state index contributed by atoms with van der Waals surface area (Å²) in [4.78, 5) is 21.9. The monoisotopic (exact) mass is 242 g/mol. The van der Waals surface area contributed by atoms with Gasteiger partial charge in [-0.05, 0) is 19.2 Å². The number of aldehydes is 1. The number of imidazole rings is 1. The number of rotatable bonds is 2. The maximum atomic E-state index is 11.1. The molecule has 0 radical (unpaired) electrons. The normalized spacial score (nSPS) is 15.4. The van der Waals surface area contributed by atoms with Gasteiger partial charge in [-0.3, -0.25) is 14.7 Å². The standard InChI is InChI=1S/C13H14N4O/c1-16-5-6-17-12(8-16)11(9-18)15-13(17)10-3-2-4-14-7-10/h2-4,7,9H,5-6,8H2,1H3. The predicted molar refractivity (Wildman–Crippen MR) is 67.2 cm³/mol. The van der Waals surface area contributed by atoms with Gasteiger partial charge < -0.3 is 4.57 Å². The largest absolute Gasteiger partial charge is 0.325 e. The molecule has 0 saturated heterocycles. The summed E-state index contributed by atoms with van der Waals surface area (Å²) in [5.74, 6) is 0.841. The third-order valence-corrected chi connectivity index (χ3v) is 3.26. The molecule has 92 valence electrons. The van der Waals surface area contributed by atoms with Crippen LogP contribution in [0.3, 0.4) is 0 Å². The lowest BCUT2D eigenvalue weighted by molar-refractivity contribution is 0.111. The van der Waals surface area contributed by atoms with Crippen LogP contribution in [0.15, 0.2) is 24.5 Å². The van der Waals surface area contributed by atoms with Crippen molar-refractivity contribution in [2.45, 2.75) is 13.1 Å². The molecule has 1 aliphatic rings. The van der Waals surface area contributed by atoms with Crippen LogP contribution >= 0.6 is 0 Å². The lowest BCUT2D eigenvalue weighted by Crippen LogP contribution is -2.30. The van der Waals surface area contributed by atoms with E-state index in [0.29, 0.717) is 5.69 Å². The molecule has 2 aromatic heterocycles. The minimum absolute atomic E-state index is 0.542. The Hall–Kier alpha value is -2.01. The Balaban J connectivity index is 2.15. The topological polar surface area (TPSA) is 51.0 Å². The van der Waals surface area contributed by atoms with Crippen molar-refractivity contribution in [3.63, 3.8) is 0 Å². The van der Waals surface area contributed by atoms with E-state index in [1.807, 2.05) is 12.1 Å². The highest BCUT2D eigenvalue weighted by atomic mass is 16.1. The van der Waals surface area contributed by atoms with E-state index in [9.17, 15) is 4.79 Å². The fourth-order valence-electron chi connectivity index (χ4n) is 2.33. The molecule has 0 unspecified atom stereocenters. The molecule has 0 spiro atoms. The van der Waals surface area contributed by atoms with Crippen LogP contribution in [0.25, 0.3) is 11.4 Å². The molecule has 1 aliphatic heterocycles. The van der Waals surface area contributed by atoms with Crippen LogP contribution in [0.1, 0.15) is 16.2 Å². The van der Waals surface area contributed by atoms with E-state index in [0.717, 1.165) is 43.0 Å². The molecule has 3 rings (SSSR count). The lowest BCUT2D eigenvalue weighted by atomic mass is 10.2. The predicted octanol–water partition coefficient (Wildman–Crippen LogP) is 1.20. The van der Waals surface area contributed by atoms with Crippen LogP contribution in [0.2, 0.25) is 0 Å². The van der Waals surface area contributed by atoms with E-state index in [1.165, 1.54) is 0 Å². The number of pyridine rings is 1. The maximum Gasteiger partial charge on any atom is 0.170 e. The fourth-order valence-corrected chi connectivity index (χ4v) is 2.33. The number of aromatic nitrogens is 3. The van der Waals surface area contributed by atoms with Crippen LogP contribution in [-0.2, 0) is 13.1 Å². The van der Waals surface area contributed by atoms with Crippen molar-refractivity contribution in [1.29, 1.82) is 0 Å². The zero-order valence-electron chi connectivity index (χ0n) is 10.2. The van der Waals surface area contributed by atoms with Gasteiger partial charge in [0.15, 0.2) is 6.29 Å². The van der Waals surface area contributed by atoms with Crippen LogP contribution in [0, 0.1) is 0 Å². The summed E-state index contributed by atoms with van der Waals surface area (Å²) < 4.78 is 2.13. The number of carbonyl (C=O) groups is 1. The van der Waals surface area contributed by atoms with Crippen LogP contribution in [0.4, 0.5) is 0 Å². The Labute approximate surface area is 105 Å². The summed E-state index contributed by atoms with van der Waals surface area (Å²) in [6.07, 6.45) is 4.35. The van der Waals surface area contributed by atoms with E-state index in [4.69, 9.17) is 0 Å². The molecule has 0 aromatic carbocycles. The number of carbonyl (C=O) groups excluding carboxylic acids is 1. The highest BCUT2D eigenvalue weighted by Crippen LogP contribution is 2.24. The highest BCUT2D eigenvalue weighted by molar-refractivity contribution is 5.76. The Morgan fingerprint density at radius 2 is 2.28 bits per heavy atom. The van der Waals surface area contributed by atoms with Crippen molar-refractivity contribution in [2.75, 3.05) is 13.6 Å². The zero-order valence-corrected chi connectivity index (χ0v) is 10.2.